The second kappa shape index (κ2) is 7.58. The molecule has 2 aromatic carbocycles. The number of aryl methyl sites for hydroxylation is 1. The van der Waals surface area contributed by atoms with Crippen LogP contribution in [0.15, 0.2) is 48.5 Å². The molecule has 0 saturated heterocycles. The lowest BCUT2D eigenvalue weighted by Crippen LogP contribution is -2.18. The molecular weight excluding hydrogens is 288 g/mol. The number of rotatable bonds is 5. The van der Waals surface area contributed by atoms with Crippen molar-refractivity contribution in [3.63, 3.8) is 0 Å². The average molecular weight is 310 g/mol. The van der Waals surface area contributed by atoms with Crippen molar-refractivity contribution >= 4 is 23.2 Å². The Hall–Kier alpha value is -2.62. The predicted octanol–water partition coefficient (Wildman–Crippen LogP) is 4.10. The van der Waals surface area contributed by atoms with Gasteiger partial charge in [0.25, 0.3) is 5.91 Å². The van der Waals surface area contributed by atoms with E-state index in [9.17, 15) is 9.59 Å². The molecule has 23 heavy (non-hydrogen) atoms. The molecule has 0 aliphatic rings. The molecule has 0 aliphatic carbocycles. The van der Waals surface area contributed by atoms with Crippen molar-refractivity contribution in [3.8, 4) is 0 Å². The molecule has 0 saturated carbocycles. The zero-order valence-electron chi connectivity index (χ0n) is 13.7. The molecule has 2 N–H and O–H groups in total. The van der Waals surface area contributed by atoms with Gasteiger partial charge in [-0.15, -0.1) is 0 Å². The molecule has 2 rings (SSSR count). The van der Waals surface area contributed by atoms with E-state index < -0.39 is 0 Å². The molecule has 120 valence electrons. The Balaban J connectivity index is 2.15. The molecule has 0 aliphatic heterocycles. The van der Waals surface area contributed by atoms with Crippen LogP contribution >= 0.6 is 0 Å². The Morgan fingerprint density at radius 2 is 1.74 bits per heavy atom. The smallest absolute Gasteiger partial charge is 0.255 e. The van der Waals surface area contributed by atoms with Crippen LogP contribution in [0.2, 0.25) is 0 Å². The van der Waals surface area contributed by atoms with Crippen LogP contribution in [0.4, 0.5) is 11.4 Å². The number of para-hydroxylation sites is 1. The van der Waals surface area contributed by atoms with Crippen molar-refractivity contribution in [2.75, 3.05) is 10.6 Å². The topological polar surface area (TPSA) is 58.2 Å². The first-order valence-electron chi connectivity index (χ1n) is 7.81. The molecule has 0 heterocycles. The molecule has 0 unspecified atom stereocenters. The van der Waals surface area contributed by atoms with E-state index in [1.54, 1.807) is 24.3 Å². The Kier molecular flexibility index (Phi) is 5.52. The second-order valence-electron chi connectivity index (χ2n) is 5.69. The summed E-state index contributed by atoms with van der Waals surface area (Å²) in [4.78, 5) is 24.2. The van der Waals surface area contributed by atoms with Gasteiger partial charge >= 0.3 is 0 Å². The fourth-order valence-electron chi connectivity index (χ4n) is 2.17. The number of carbonyl (C=O) groups is 2. The summed E-state index contributed by atoms with van der Waals surface area (Å²) < 4.78 is 0. The van der Waals surface area contributed by atoms with E-state index in [0.29, 0.717) is 11.3 Å². The molecule has 0 aromatic heterocycles. The van der Waals surface area contributed by atoms with Crippen LogP contribution in [0.1, 0.15) is 36.7 Å². The number of benzene rings is 2. The van der Waals surface area contributed by atoms with Gasteiger partial charge in [0, 0.05) is 22.9 Å². The molecule has 0 atom stereocenters. The maximum absolute atomic E-state index is 12.4. The molecule has 4 nitrogen and oxygen atoms in total. The van der Waals surface area contributed by atoms with E-state index in [-0.39, 0.29) is 17.7 Å². The maximum Gasteiger partial charge on any atom is 0.255 e. The van der Waals surface area contributed by atoms with Crippen molar-refractivity contribution in [2.24, 2.45) is 5.92 Å². The first-order chi connectivity index (χ1) is 11.0. The molecule has 0 radical (unpaired) electrons. The summed E-state index contributed by atoms with van der Waals surface area (Å²) >= 11 is 0. The molecule has 2 amide bonds. The van der Waals surface area contributed by atoms with Crippen molar-refractivity contribution in [1.29, 1.82) is 0 Å². The van der Waals surface area contributed by atoms with Gasteiger partial charge in [0.15, 0.2) is 0 Å². The minimum atomic E-state index is -0.188. The van der Waals surface area contributed by atoms with Gasteiger partial charge < -0.3 is 10.6 Å². The lowest BCUT2D eigenvalue weighted by molar-refractivity contribution is -0.118. The van der Waals surface area contributed by atoms with Crippen LogP contribution in [-0.4, -0.2) is 11.8 Å². The number of hydrogen-bond donors (Lipinski definition) is 2. The highest BCUT2D eigenvalue weighted by Gasteiger charge is 2.11. The molecule has 0 spiro atoms. The van der Waals surface area contributed by atoms with E-state index in [1.165, 1.54) is 0 Å². The number of nitrogens with one attached hydrogen (secondary N) is 2. The molecule has 0 fully saturated rings. The third-order valence-electron chi connectivity index (χ3n) is 3.56. The van der Waals surface area contributed by atoms with Gasteiger partial charge in [-0.25, -0.2) is 0 Å². The summed E-state index contributed by atoms with van der Waals surface area (Å²) in [7, 11) is 0. The van der Waals surface area contributed by atoms with E-state index in [4.69, 9.17) is 0 Å². The average Bonchev–Trinajstić information content (AvgIpc) is 2.55. The summed E-state index contributed by atoms with van der Waals surface area (Å²) in [5.41, 5.74) is 3.04. The van der Waals surface area contributed by atoms with E-state index in [2.05, 4.69) is 10.6 Å². The quantitative estimate of drug-likeness (QED) is 0.873. The number of hydrogen-bond acceptors (Lipinski definition) is 2. The highest BCUT2D eigenvalue weighted by Crippen LogP contribution is 2.18. The van der Waals surface area contributed by atoms with Gasteiger partial charge in [-0.3, -0.25) is 9.59 Å². The largest absolute Gasteiger partial charge is 0.326 e. The van der Waals surface area contributed by atoms with Crippen molar-refractivity contribution in [2.45, 2.75) is 27.2 Å². The molecular formula is C19H22N2O2. The summed E-state index contributed by atoms with van der Waals surface area (Å²) in [6, 6.07) is 14.7. The normalized spacial score (nSPS) is 10.4. The SMILES string of the molecule is CCc1ccccc1NC(=O)c1cccc(NC(=O)C(C)C)c1. The Bertz CT molecular complexity index is 708. The summed E-state index contributed by atoms with van der Waals surface area (Å²) in [6.07, 6.45) is 0.848. The van der Waals surface area contributed by atoms with Gasteiger partial charge in [0.1, 0.15) is 0 Å². The van der Waals surface area contributed by atoms with Crippen LogP contribution in [-0.2, 0) is 11.2 Å². The highest BCUT2D eigenvalue weighted by molar-refractivity contribution is 6.05. The summed E-state index contributed by atoms with van der Waals surface area (Å²) in [6.45, 7) is 5.70. The van der Waals surface area contributed by atoms with Crippen LogP contribution < -0.4 is 10.6 Å². The maximum atomic E-state index is 12.4. The lowest BCUT2D eigenvalue weighted by atomic mass is 10.1. The zero-order valence-corrected chi connectivity index (χ0v) is 13.7. The number of carbonyl (C=O) groups excluding carboxylic acids is 2. The van der Waals surface area contributed by atoms with E-state index in [1.807, 2.05) is 45.0 Å². The summed E-state index contributed by atoms with van der Waals surface area (Å²) in [5.74, 6) is -0.366. The highest BCUT2D eigenvalue weighted by atomic mass is 16.2. The standard InChI is InChI=1S/C19H22N2O2/c1-4-14-8-5-6-11-17(14)21-19(23)15-9-7-10-16(12-15)20-18(22)13(2)3/h5-13H,4H2,1-3H3,(H,20,22)(H,21,23). The van der Waals surface area contributed by atoms with Crippen LogP contribution in [0, 0.1) is 5.92 Å². The first kappa shape index (κ1) is 16.7. The molecule has 4 heteroatoms. The minimum Gasteiger partial charge on any atom is -0.326 e. The van der Waals surface area contributed by atoms with Gasteiger partial charge in [-0.1, -0.05) is 45.0 Å². The third-order valence-corrected chi connectivity index (χ3v) is 3.56. The Labute approximate surface area is 136 Å². The van der Waals surface area contributed by atoms with Crippen molar-refractivity contribution in [3.05, 3.63) is 59.7 Å². The first-order valence-corrected chi connectivity index (χ1v) is 7.81. The molecule has 2 aromatic rings. The Morgan fingerprint density at radius 3 is 2.43 bits per heavy atom. The lowest BCUT2D eigenvalue weighted by Gasteiger charge is -2.11. The van der Waals surface area contributed by atoms with Gasteiger partial charge in [-0.2, -0.15) is 0 Å². The minimum absolute atomic E-state index is 0.0705. The summed E-state index contributed by atoms with van der Waals surface area (Å²) in [5, 5.41) is 5.73. The van der Waals surface area contributed by atoms with Gasteiger partial charge in [0.2, 0.25) is 5.91 Å². The number of anilines is 2. The van der Waals surface area contributed by atoms with Crippen molar-refractivity contribution in [1.82, 2.24) is 0 Å². The van der Waals surface area contributed by atoms with Crippen LogP contribution in [0.25, 0.3) is 0 Å². The monoisotopic (exact) mass is 310 g/mol. The zero-order chi connectivity index (χ0) is 16.8. The van der Waals surface area contributed by atoms with Gasteiger partial charge in [0.05, 0.1) is 0 Å². The Morgan fingerprint density at radius 1 is 1.00 bits per heavy atom. The third kappa shape index (κ3) is 4.42. The molecule has 0 bridgehead atoms. The van der Waals surface area contributed by atoms with E-state index in [0.717, 1.165) is 17.7 Å². The van der Waals surface area contributed by atoms with Crippen molar-refractivity contribution < 1.29 is 9.59 Å². The fraction of sp³-hybridized carbons (Fsp3) is 0.263. The number of amides is 2. The fourth-order valence-corrected chi connectivity index (χ4v) is 2.17. The van der Waals surface area contributed by atoms with Gasteiger partial charge in [-0.05, 0) is 36.2 Å². The van der Waals surface area contributed by atoms with Crippen LogP contribution in [0.3, 0.4) is 0 Å². The van der Waals surface area contributed by atoms with Crippen LogP contribution in [0.5, 0.6) is 0 Å². The second-order valence-corrected chi connectivity index (χ2v) is 5.69. The van der Waals surface area contributed by atoms with E-state index >= 15 is 0 Å². The predicted molar refractivity (Wildman–Crippen MR) is 93.7 cm³/mol.